The summed E-state index contributed by atoms with van der Waals surface area (Å²) in [4.78, 5) is 28.9. The molecule has 2 aliphatic rings. The molecule has 1 heterocycles. The van der Waals surface area contributed by atoms with Crippen molar-refractivity contribution in [1.29, 1.82) is 0 Å². The molecule has 5 nitrogen and oxygen atoms in total. The van der Waals surface area contributed by atoms with Crippen molar-refractivity contribution in [3.05, 3.63) is 35.9 Å². The van der Waals surface area contributed by atoms with Crippen molar-refractivity contribution in [2.45, 2.75) is 57.5 Å². The Labute approximate surface area is 144 Å². The number of imide groups is 1. The van der Waals surface area contributed by atoms with E-state index in [1.807, 2.05) is 18.2 Å². The first-order chi connectivity index (χ1) is 11.6. The molecule has 1 N–H and O–H groups in total. The van der Waals surface area contributed by atoms with Gasteiger partial charge in [-0.3, -0.25) is 9.69 Å². The molecule has 3 rings (SSSR count). The molecule has 5 heteroatoms. The van der Waals surface area contributed by atoms with E-state index in [0.29, 0.717) is 6.67 Å². The lowest BCUT2D eigenvalue weighted by atomic mass is 9.82. The minimum atomic E-state index is -0.625. The van der Waals surface area contributed by atoms with Crippen LogP contribution in [0, 0.1) is 0 Å². The fourth-order valence-corrected chi connectivity index (χ4v) is 3.86. The third-order valence-electron chi connectivity index (χ3n) is 5.08. The van der Waals surface area contributed by atoms with Crippen molar-refractivity contribution in [2.24, 2.45) is 0 Å². The zero-order chi connectivity index (χ0) is 17.0. The molecule has 1 aliphatic carbocycles. The van der Waals surface area contributed by atoms with Gasteiger partial charge in [-0.15, -0.1) is 0 Å². The second-order valence-corrected chi connectivity index (χ2v) is 6.99. The number of carbonyl (C=O) groups excluding carboxylic acids is 2. The third kappa shape index (κ3) is 3.46. The van der Waals surface area contributed by atoms with Crippen LogP contribution in [-0.4, -0.2) is 40.5 Å². The average molecular weight is 329 g/mol. The lowest BCUT2D eigenvalue weighted by Gasteiger charge is -2.31. The normalized spacial score (nSPS) is 20.0. The van der Waals surface area contributed by atoms with Gasteiger partial charge in [0.15, 0.2) is 0 Å². The van der Waals surface area contributed by atoms with Crippen molar-refractivity contribution in [3.63, 3.8) is 0 Å². The van der Waals surface area contributed by atoms with Gasteiger partial charge in [0.05, 0.1) is 6.67 Å². The summed E-state index contributed by atoms with van der Waals surface area (Å²) in [6.45, 7) is 4.10. The Hall–Kier alpha value is -1.88. The van der Waals surface area contributed by atoms with Crippen LogP contribution < -0.4 is 5.32 Å². The highest BCUT2D eigenvalue weighted by molar-refractivity contribution is 6.07. The minimum Gasteiger partial charge on any atom is -0.323 e. The predicted octanol–water partition coefficient (Wildman–Crippen LogP) is 3.11. The third-order valence-corrected chi connectivity index (χ3v) is 5.08. The molecule has 0 radical (unpaired) electrons. The predicted molar refractivity (Wildman–Crippen MR) is 93.2 cm³/mol. The summed E-state index contributed by atoms with van der Waals surface area (Å²) in [7, 11) is 0. The molecule has 1 saturated carbocycles. The zero-order valence-corrected chi connectivity index (χ0v) is 14.5. The summed E-state index contributed by atoms with van der Waals surface area (Å²) < 4.78 is 0. The summed E-state index contributed by atoms with van der Waals surface area (Å²) >= 11 is 0. The first kappa shape index (κ1) is 17.0. The number of urea groups is 1. The fourth-order valence-electron chi connectivity index (χ4n) is 3.86. The summed E-state index contributed by atoms with van der Waals surface area (Å²) in [5, 5.41) is 2.99. The molecule has 0 bridgehead atoms. The number of nitrogens with one attached hydrogen (secondary N) is 1. The van der Waals surface area contributed by atoms with Crippen LogP contribution in [0.25, 0.3) is 0 Å². The first-order valence-electron chi connectivity index (χ1n) is 9.05. The summed E-state index contributed by atoms with van der Waals surface area (Å²) in [6.07, 6.45) is 5.73. The minimum absolute atomic E-state index is 0.0265. The van der Waals surface area contributed by atoms with Gasteiger partial charge in [0, 0.05) is 6.54 Å². The van der Waals surface area contributed by atoms with Gasteiger partial charge in [0.1, 0.15) is 5.54 Å². The van der Waals surface area contributed by atoms with E-state index in [2.05, 4.69) is 29.3 Å². The zero-order valence-electron chi connectivity index (χ0n) is 14.5. The summed E-state index contributed by atoms with van der Waals surface area (Å²) in [6, 6.07) is 9.97. The summed E-state index contributed by atoms with van der Waals surface area (Å²) in [5.74, 6) is -0.0265. The molecule has 2 fully saturated rings. The molecule has 24 heavy (non-hydrogen) atoms. The van der Waals surface area contributed by atoms with Crippen molar-refractivity contribution >= 4 is 11.9 Å². The van der Waals surface area contributed by atoms with Gasteiger partial charge in [-0.05, 0) is 31.4 Å². The second-order valence-electron chi connectivity index (χ2n) is 6.99. The molecular weight excluding hydrogens is 302 g/mol. The SMILES string of the molecule is CCCN(Cc1ccccc1)CN1C(=O)NC2(CCCCC2)C1=O. The fraction of sp³-hybridized carbons (Fsp3) is 0.579. The van der Waals surface area contributed by atoms with Crippen LogP contribution in [0.1, 0.15) is 51.0 Å². The van der Waals surface area contributed by atoms with Crippen LogP contribution >= 0.6 is 0 Å². The van der Waals surface area contributed by atoms with Gasteiger partial charge in [0.2, 0.25) is 0 Å². The Kier molecular flexibility index (Phi) is 5.19. The highest BCUT2D eigenvalue weighted by atomic mass is 16.2. The molecule has 0 unspecified atom stereocenters. The monoisotopic (exact) mass is 329 g/mol. The van der Waals surface area contributed by atoms with E-state index in [4.69, 9.17) is 0 Å². The van der Waals surface area contributed by atoms with Crippen LogP contribution in [0.15, 0.2) is 30.3 Å². The number of benzene rings is 1. The molecule has 1 aromatic carbocycles. The largest absolute Gasteiger partial charge is 0.326 e. The molecule has 130 valence electrons. The Morgan fingerprint density at radius 2 is 1.83 bits per heavy atom. The number of hydrogen-bond acceptors (Lipinski definition) is 3. The number of nitrogens with zero attached hydrogens (tertiary/aromatic N) is 2. The Bertz CT molecular complexity index is 582. The Morgan fingerprint density at radius 1 is 1.12 bits per heavy atom. The molecule has 0 atom stereocenters. The van der Waals surface area contributed by atoms with Gasteiger partial charge in [-0.1, -0.05) is 56.5 Å². The maximum atomic E-state index is 12.9. The van der Waals surface area contributed by atoms with Crippen LogP contribution in [0.2, 0.25) is 0 Å². The maximum absolute atomic E-state index is 12.9. The van der Waals surface area contributed by atoms with E-state index >= 15 is 0 Å². The molecule has 3 amide bonds. The van der Waals surface area contributed by atoms with E-state index in [9.17, 15) is 9.59 Å². The molecule has 1 saturated heterocycles. The standard InChI is InChI=1S/C19H27N3O2/c1-2-13-21(14-16-9-5-3-6-10-16)15-22-17(23)19(20-18(22)24)11-7-4-8-12-19/h3,5-6,9-10H,2,4,7-8,11-15H2,1H3,(H,20,24). The van der Waals surface area contributed by atoms with Crippen molar-refractivity contribution in [2.75, 3.05) is 13.2 Å². The van der Waals surface area contributed by atoms with E-state index in [0.717, 1.165) is 51.6 Å². The lowest BCUT2D eigenvalue weighted by Crippen LogP contribution is -2.49. The van der Waals surface area contributed by atoms with Crippen LogP contribution in [0.5, 0.6) is 0 Å². The van der Waals surface area contributed by atoms with E-state index in [1.54, 1.807) is 0 Å². The van der Waals surface area contributed by atoms with Crippen molar-refractivity contribution < 1.29 is 9.59 Å². The van der Waals surface area contributed by atoms with Gasteiger partial charge < -0.3 is 5.32 Å². The highest BCUT2D eigenvalue weighted by Crippen LogP contribution is 2.33. The van der Waals surface area contributed by atoms with Crippen molar-refractivity contribution in [1.82, 2.24) is 15.1 Å². The van der Waals surface area contributed by atoms with Crippen LogP contribution in [0.4, 0.5) is 4.79 Å². The van der Waals surface area contributed by atoms with E-state index in [-0.39, 0.29) is 11.9 Å². The molecule has 1 aromatic rings. The number of rotatable bonds is 6. The summed E-state index contributed by atoms with van der Waals surface area (Å²) in [5.41, 5.74) is 0.574. The van der Waals surface area contributed by atoms with Gasteiger partial charge in [-0.25, -0.2) is 9.69 Å². The lowest BCUT2D eigenvalue weighted by molar-refractivity contribution is -0.134. The van der Waals surface area contributed by atoms with Crippen LogP contribution in [0.3, 0.4) is 0 Å². The second kappa shape index (κ2) is 7.34. The van der Waals surface area contributed by atoms with Crippen molar-refractivity contribution in [3.8, 4) is 0 Å². The van der Waals surface area contributed by atoms with Gasteiger partial charge in [-0.2, -0.15) is 0 Å². The highest BCUT2D eigenvalue weighted by Gasteiger charge is 2.51. The number of hydrogen-bond donors (Lipinski definition) is 1. The van der Waals surface area contributed by atoms with Gasteiger partial charge in [0.25, 0.3) is 5.91 Å². The van der Waals surface area contributed by atoms with E-state index in [1.165, 1.54) is 10.5 Å². The Balaban J connectivity index is 1.70. The van der Waals surface area contributed by atoms with Crippen LogP contribution in [-0.2, 0) is 11.3 Å². The van der Waals surface area contributed by atoms with E-state index < -0.39 is 5.54 Å². The molecular formula is C19H27N3O2. The number of amides is 3. The number of carbonyl (C=O) groups is 2. The van der Waals surface area contributed by atoms with Gasteiger partial charge >= 0.3 is 6.03 Å². The molecule has 1 aliphatic heterocycles. The topological polar surface area (TPSA) is 52.6 Å². The maximum Gasteiger partial charge on any atom is 0.326 e. The first-order valence-corrected chi connectivity index (χ1v) is 9.05. The quantitative estimate of drug-likeness (QED) is 0.816. The molecule has 0 aromatic heterocycles. The average Bonchev–Trinajstić information content (AvgIpc) is 2.81. The molecule has 1 spiro atoms. The smallest absolute Gasteiger partial charge is 0.323 e. The Morgan fingerprint density at radius 3 is 2.50 bits per heavy atom.